The van der Waals surface area contributed by atoms with Gasteiger partial charge in [-0.2, -0.15) is 0 Å². The number of carbonyl (C=O) groups excluding carboxylic acids is 2. The molecule has 0 radical (unpaired) electrons. The van der Waals surface area contributed by atoms with Crippen LogP contribution >= 0.6 is 24.0 Å². The van der Waals surface area contributed by atoms with Crippen molar-refractivity contribution in [3.8, 4) is 11.5 Å². The molecule has 0 spiro atoms. The van der Waals surface area contributed by atoms with E-state index in [4.69, 9.17) is 26.1 Å². The van der Waals surface area contributed by atoms with Crippen molar-refractivity contribution in [2.75, 3.05) is 11.5 Å². The van der Waals surface area contributed by atoms with E-state index >= 15 is 0 Å². The lowest BCUT2D eigenvalue weighted by molar-refractivity contribution is -0.113. The zero-order valence-corrected chi connectivity index (χ0v) is 18.1. The number of carbonyl (C=O) groups is 2. The number of amides is 1. The van der Waals surface area contributed by atoms with E-state index in [1.54, 1.807) is 30.3 Å². The van der Waals surface area contributed by atoms with Gasteiger partial charge in [0.2, 0.25) is 5.76 Å². The summed E-state index contributed by atoms with van der Waals surface area (Å²) >= 11 is 6.64. The summed E-state index contributed by atoms with van der Waals surface area (Å²) in [5.74, 6) is -0.0713. The van der Waals surface area contributed by atoms with Gasteiger partial charge in [0.05, 0.1) is 23.5 Å². The number of hydrogen-bond donors (Lipinski definition) is 0. The van der Waals surface area contributed by atoms with E-state index in [1.807, 2.05) is 37.3 Å². The summed E-state index contributed by atoms with van der Waals surface area (Å²) in [5.41, 5.74) is 1.44. The number of nitrogens with zero attached hydrogens (tertiary/aromatic N) is 1. The summed E-state index contributed by atoms with van der Waals surface area (Å²) in [5, 5.41) is 0. The van der Waals surface area contributed by atoms with Gasteiger partial charge in [-0.15, -0.1) is 0 Å². The van der Waals surface area contributed by atoms with Crippen LogP contribution in [0.3, 0.4) is 0 Å². The van der Waals surface area contributed by atoms with Crippen LogP contribution in [0.5, 0.6) is 11.5 Å². The predicted octanol–water partition coefficient (Wildman–Crippen LogP) is 5.30. The van der Waals surface area contributed by atoms with Crippen LogP contribution < -0.4 is 14.4 Å². The van der Waals surface area contributed by atoms with E-state index < -0.39 is 5.97 Å². The molecule has 1 aliphatic rings. The quantitative estimate of drug-likeness (QED) is 0.218. The number of thioether (sulfide) groups is 1. The minimum absolute atomic E-state index is 0.0936. The number of para-hydroxylation sites is 1. The maximum atomic E-state index is 12.9. The Morgan fingerprint density at radius 1 is 1.13 bits per heavy atom. The molecule has 0 atom stereocenters. The lowest BCUT2D eigenvalue weighted by Crippen LogP contribution is -2.27. The molecule has 1 aromatic heterocycles. The Hall–Kier alpha value is -3.36. The normalized spacial score (nSPS) is 14.9. The lowest BCUT2D eigenvalue weighted by Gasteiger charge is -2.13. The van der Waals surface area contributed by atoms with Crippen LogP contribution in [-0.2, 0) is 4.79 Å². The molecule has 31 heavy (non-hydrogen) atoms. The van der Waals surface area contributed by atoms with Crippen LogP contribution in [-0.4, -0.2) is 22.8 Å². The Bertz CT molecular complexity index is 1160. The first-order valence-corrected chi connectivity index (χ1v) is 10.6. The molecule has 1 aliphatic heterocycles. The third kappa shape index (κ3) is 4.55. The van der Waals surface area contributed by atoms with E-state index in [-0.39, 0.29) is 17.4 Å². The molecular weight excluding hydrogens is 434 g/mol. The highest BCUT2D eigenvalue weighted by atomic mass is 32.2. The molecule has 0 bridgehead atoms. The van der Waals surface area contributed by atoms with E-state index in [9.17, 15) is 9.59 Å². The van der Waals surface area contributed by atoms with Gasteiger partial charge in [0.25, 0.3) is 5.91 Å². The topological polar surface area (TPSA) is 69.0 Å². The summed E-state index contributed by atoms with van der Waals surface area (Å²) in [7, 11) is 0. The van der Waals surface area contributed by atoms with Crippen molar-refractivity contribution in [2.24, 2.45) is 0 Å². The highest BCUT2D eigenvalue weighted by molar-refractivity contribution is 8.27. The second-order valence-electron chi connectivity index (χ2n) is 6.36. The first kappa shape index (κ1) is 20.9. The smallest absolute Gasteiger partial charge is 0.379 e. The second kappa shape index (κ2) is 9.20. The highest BCUT2D eigenvalue weighted by Crippen LogP contribution is 2.37. The Balaban J connectivity index is 1.59. The molecule has 8 heteroatoms. The van der Waals surface area contributed by atoms with Gasteiger partial charge in [-0.1, -0.05) is 48.2 Å². The SMILES string of the molecule is CCOc1cc(C=C2SC(=S)N(c3ccccc3)C2=O)ccc1OC(=O)c1ccco1. The first-order valence-electron chi connectivity index (χ1n) is 9.42. The summed E-state index contributed by atoms with van der Waals surface area (Å²) < 4.78 is 16.6. The minimum atomic E-state index is -0.623. The summed E-state index contributed by atoms with van der Waals surface area (Å²) in [4.78, 5) is 27.1. The fourth-order valence-electron chi connectivity index (χ4n) is 2.93. The zero-order chi connectivity index (χ0) is 21.8. The molecule has 1 saturated heterocycles. The van der Waals surface area contributed by atoms with Crippen molar-refractivity contribution in [3.05, 3.63) is 83.2 Å². The summed E-state index contributed by atoms with van der Waals surface area (Å²) in [6.07, 6.45) is 3.14. The number of ether oxygens (including phenoxy) is 2. The molecule has 156 valence electrons. The Morgan fingerprint density at radius 3 is 2.65 bits per heavy atom. The number of hydrogen-bond acceptors (Lipinski definition) is 7. The van der Waals surface area contributed by atoms with Crippen LogP contribution in [0.25, 0.3) is 6.08 Å². The molecule has 1 amide bonds. The van der Waals surface area contributed by atoms with Gasteiger partial charge in [0.15, 0.2) is 15.8 Å². The molecule has 0 unspecified atom stereocenters. The van der Waals surface area contributed by atoms with Gasteiger partial charge in [-0.3, -0.25) is 9.69 Å². The maximum absolute atomic E-state index is 12.9. The van der Waals surface area contributed by atoms with Crippen molar-refractivity contribution in [1.82, 2.24) is 0 Å². The Morgan fingerprint density at radius 2 is 1.94 bits per heavy atom. The molecule has 4 rings (SSSR count). The van der Waals surface area contributed by atoms with Gasteiger partial charge < -0.3 is 13.9 Å². The monoisotopic (exact) mass is 451 g/mol. The van der Waals surface area contributed by atoms with Gasteiger partial charge in [-0.05, 0) is 55.0 Å². The fraction of sp³-hybridized carbons (Fsp3) is 0.0870. The number of benzene rings is 2. The third-order valence-corrected chi connectivity index (χ3v) is 5.60. The largest absolute Gasteiger partial charge is 0.490 e. The Kier molecular flexibility index (Phi) is 6.20. The van der Waals surface area contributed by atoms with Crippen molar-refractivity contribution >= 4 is 51.9 Å². The molecule has 2 heterocycles. The maximum Gasteiger partial charge on any atom is 0.379 e. The fourth-order valence-corrected chi connectivity index (χ4v) is 4.23. The van der Waals surface area contributed by atoms with E-state index in [2.05, 4.69) is 0 Å². The van der Waals surface area contributed by atoms with Crippen LogP contribution in [0.1, 0.15) is 23.0 Å². The lowest BCUT2D eigenvalue weighted by atomic mass is 10.1. The van der Waals surface area contributed by atoms with Crippen LogP contribution in [0, 0.1) is 0 Å². The molecule has 2 aromatic carbocycles. The minimum Gasteiger partial charge on any atom is -0.490 e. The highest BCUT2D eigenvalue weighted by Gasteiger charge is 2.33. The van der Waals surface area contributed by atoms with Crippen LogP contribution in [0.2, 0.25) is 0 Å². The number of furan rings is 1. The molecule has 6 nitrogen and oxygen atoms in total. The number of esters is 1. The second-order valence-corrected chi connectivity index (χ2v) is 8.03. The van der Waals surface area contributed by atoms with E-state index in [1.165, 1.54) is 29.0 Å². The van der Waals surface area contributed by atoms with Crippen molar-refractivity contribution in [2.45, 2.75) is 6.92 Å². The predicted molar refractivity (Wildman–Crippen MR) is 123 cm³/mol. The van der Waals surface area contributed by atoms with Gasteiger partial charge in [-0.25, -0.2) is 4.79 Å². The molecule has 1 fully saturated rings. The van der Waals surface area contributed by atoms with E-state index in [0.717, 1.165) is 11.3 Å². The third-order valence-electron chi connectivity index (χ3n) is 4.30. The Labute approximate surface area is 188 Å². The van der Waals surface area contributed by atoms with Gasteiger partial charge in [0, 0.05) is 0 Å². The molecule has 0 N–H and O–H groups in total. The number of rotatable bonds is 6. The van der Waals surface area contributed by atoms with E-state index in [0.29, 0.717) is 21.6 Å². The van der Waals surface area contributed by atoms with Gasteiger partial charge in [0.1, 0.15) is 0 Å². The zero-order valence-electron chi connectivity index (χ0n) is 16.4. The van der Waals surface area contributed by atoms with Gasteiger partial charge >= 0.3 is 5.97 Å². The molecule has 0 aliphatic carbocycles. The standard InChI is InChI=1S/C23H17NO5S2/c1-2-27-19-13-15(10-11-17(19)29-22(26)18-9-6-12-28-18)14-20-21(25)24(23(30)31-20)16-7-4-3-5-8-16/h3-14H,2H2,1H3. The average molecular weight is 452 g/mol. The number of thiocarbonyl (C=S) groups is 1. The first-order chi connectivity index (χ1) is 15.1. The summed E-state index contributed by atoms with van der Waals surface area (Å²) in [6.45, 7) is 2.21. The number of anilines is 1. The van der Waals surface area contributed by atoms with Crippen LogP contribution in [0.4, 0.5) is 5.69 Å². The molecule has 0 saturated carbocycles. The molecular formula is C23H17NO5S2. The van der Waals surface area contributed by atoms with Crippen molar-refractivity contribution in [3.63, 3.8) is 0 Å². The molecule has 3 aromatic rings. The summed E-state index contributed by atoms with van der Waals surface area (Å²) in [6, 6.07) is 17.5. The van der Waals surface area contributed by atoms with Crippen molar-refractivity contribution < 1.29 is 23.5 Å². The van der Waals surface area contributed by atoms with Crippen LogP contribution in [0.15, 0.2) is 76.2 Å². The average Bonchev–Trinajstić information content (AvgIpc) is 3.39. The van der Waals surface area contributed by atoms with Crippen molar-refractivity contribution in [1.29, 1.82) is 0 Å².